The van der Waals surface area contributed by atoms with Gasteiger partial charge in [0.25, 0.3) is 0 Å². The molecule has 2 heterocycles. The van der Waals surface area contributed by atoms with Crippen molar-refractivity contribution in [2.45, 2.75) is 52.0 Å². The van der Waals surface area contributed by atoms with E-state index < -0.39 is 11.9 Å². The van der Waals surface area contributed by atoms with E-state index in [1.807, 2.05) is 19.1 Å². The molecule has 0 saturated heterocycles. The van der Waals surface area contributed by atoms with Crippen LogP contribution in [0.25, 0.3) is 21.9 Å². The van der Waals surface area contributed by atoms with Gasteiger partial charge in [-0.15, -0.1) is 0 Å². The van der Waals surface area contributed by atoms with E-state index in [1.54, 1.807) is 0 Å². The van der Waals surface area contributed by atoms with Crippen LogP contribution in [-0.2, 0) is 11.3 Å². The molecule has 4 nitrogen and oxygen atoms in total. The molecule has 0 radical (unpaired) electrons. The highest BCUT2D eigenvalue weighted by molar-refractivity contribution is 6.08. The van der Waals surface area contributed by atoms with Crippen LogP contribution in [0.2, 0.25) is 0 Å². The standard InChI is InChI=1S/C27H28N2O2/c1-17-15-18(2)28-26-24(17)22-9-5-6-10-23(22)29(26)16-19-11-13-21(14-12-19)25(27(30)31)20-7-3-4-8-20/h5-6,9-15,20,25H,3-4,7-8,16H2,1-2H3,(H,30,31). The third kappa shape index (κ3) is 3.50. The van der Waals surface area contributed by atoms with E-state index in [9.17, 15) is 9.90 Å². The molecule has 4 aromatic rings. The van der Waals surface area contributed by atoms with E-state index in [0.29, 0.717) is 6.54 Å². The topological polar surface area (TPSA) is 55.1 Å². The number of aryl methyl sites for hydroxylation is 2. The largest absolute Gasteiger partial charge is 0.481 e. The molecule has 31 heavy (non-hydrogen) atoms. The Bertz CT molecular complexity index is 1260. The number of pyridine rings is 1. The van der Waals surface area contributed by atoms with Crippen molar-refractivity contribution in [1.82, 2.24) is 9.55 Å². The zero-order valence-corrected chi connectivity index (χ0v) is 18.1. The fourth-order valence-electron chi connectivity index (χ4n) is 5.46. The van der Waals surface area contributed by atoms with Crippen molar-refractivity contribution < 1.29 is 9.90 Å². The van der Waals surface area contributed by atoms with E-state index in [2.05, 4.69) is 54.0 Å². The van der Waals surface area contributed by atoms with Gasteiger partial charge in [-0.2, -0.15) is 0 Å². The summed E-state index contributed by atoms with van der Waals surface area (Å²) in [4.78, 5) is 16.8. The van der Waals surface area contributed by atoms with Gasteiger partial charge in [-0.25, -0.2) is 4.98 Å². The van der Waals surface area contributed by atoms with Crippen LogP contribution in [0.15, 0.2) is 54.6 Å². The van der Waals surface area contributed by atoms with Crippen molar-refractivity contribution in [1.29, 1.82) is 0 Å². The molecule has 1 aliphatic carbocycles. The average Bonchev–Trinajstić information content (AvgIpc) is 3.36. The molecule has 0 bridgehead atoms. The third-order valence-electron chi connectivity index (χ3n) is 6.86. The second-order valence-corrected chi connectivity index (χ2v) is 8.98. The number of hydrogen-bond donors (Lipinski definition) is 1. The van der Waals surface area contributed by atoms with Gasteiger partial charge in [0.1, 0.15) is 5.65 Å². The first kappa shape index (κ1) is 19.8. The van der Waals surface area contributed by atoms with E-state index in [4.69, 9.17) is 4.98 Å². The summed E-state index contributed by atoms with van der Waals surface area (Å²) in [5, 5.41) is 12.3. The first-order chi connectivity index (χ1) is 15.0. The van der Waals surface area contributed by atoms with Gasteiger partial charge in [0.2, 0.25) is 0 Å². The fraction of sp³-hybridized carbons (Fsp3) is 0.333. The molecule has 2 aromatic heterocycles. The summed E-state index contributed by atoms with van der Waals surface area (Å²) in [5.74, 6) is -0.829. The van der Waals surface area contributed by atoms with Gasteiger partial charge < -0.3 is 9.67 Å². The molecule has 158 valence electrons. The van der Waals surface area contributed by atoms with Crippen molar-refractivity contribution in [3.63, 3.8) is 0 Å². The summed E-state index contributed by atoms with van der Waals surface area (Å²) in [7, 11) is 0. The minimum atomic E-state index is -0.697. The first-order valence-corrected chi connectivity index (χ1v) is 11.2. The van der Waals surface area contributed by atoms with Gasteiger partial charge in [0, 0.05) is 23.0 Å². The van der Waals surface area contributed by atoms with E-state index in [0.717, 1.165) is 48.2 Å². The Morgan fingerprint density at radius 3 is 2.52 bits per heavy atom. The SMILES string of the molecule is Cc1cc(C)c2c3ccccc3n(Cc3ccc(C(C(=O)O)C4CCCC4)cc3)c2n1. The van der Waals surface area contributed by atoms with Crippen molar-refractivity contribution in [2.75, 3.05) is 0 Å². The van der Waals surface area contributed by atoms with Crippen molar-refractivity contribution in [2.24, 2.45) is 5.92 Å². The second-order valence-electron chi connectivity index (χ2n) is 8.98. The van der Waals surface area contributed by atoms with Crippen LogP contribution < -0.4 is 0 Å². The Balaban J connectivity index is 1.53. The van der Waals surface area contributed by atoms with Crippen LogP contribution in [0.1, 0.15) is 54.0 Å². The number of fused-ring (bicyclic) bond motifs is 3. The Labute approximate surface area is 182 Å². The Morgan fingerprint density at radius 2 is 1.81 bits per heavy atom. The highest BCUT2D eigenvalue weighted by atomic mass is 16.4. The number of aliphatic carboxylic acids is 1. The Kier molecular flexibility index (Phi) is 5.01. The fourth-order valence-corrected chi connectivity index (χ4v) is 5.46. The monoisotopic (exact) mass is 412 g/mol. The number of para-hydroxylation sites is 1. The maximum atomic E-state index is 12.0. The third-order valence-corrected chi connectivity index (χ3v) is 6.86. The summed E-state index contributed by atoms with van der Waals surface area (Å²) in [6.07, 6.45) is 4.33. The molecule has 1 atom stereocenters. The van der Waals surface area contributed by atoms with Gasteiger partial charge in [-0.3, -0.25) is 4.79 Å². The normalized spacial score (nSPS) is 15.7. The van der Waals surface area contributed by atoms with E-state index in [1.165, 1.54) is 21.9 Å². The molecule has 4 heteroatoms. The number of carbonyl (C=O) groups is 1. The predicted molar refractivity (Wildman–Crippen MR) is 125 cm³/mol. The van der Waals surface area contributed by atoms with Crippen molar-refractivity contribution >= 4 is 27.9 Å². The number of rotatable bonds is 5. The lowest BCUT2D eigenvalue weighted by atomic mass is 9.84. The number of carboxylic acids is 1. The van der Waals surface area contributed by atoms with Gasteiger partial charge in [0.05, 0.1) is 11.4 Å². The van der Waals surface area contributed by atoms with Crippen LogP contribution in [0, 0.1) is 19.8 Å². The van der Waals surface area contributed by atoms with Gasteiger partial charge in [0.15, 0.2) is 0 Å². The summed E-state index contributed by atoms with van der Waals surface area (Å²) < 4.78 is 2.28. The molecule has 0 amide bonds. The van der Waals surface area contributed by atoms with Crippen LogP contribution >= 0.6 is 0 Å². The van der Waals surface area contributed by atoms with Crippen molar-refractivity contribution in [3.8, 4) is 0 Å². The highest BCUT2D eigenvalue weighted by Gasteiger charge is 2.31. The lowest BCUT2D eigenvalue weighted by Crippen LogP contribution is -2.19. The number of carboxylic acid groups (broad SMARTS) is 1. The molecule has 0 spiro atoms. The molecule has 5 rings (SSSR count). The summed E-state index contributed by atoms with van der Waals surface area (Å²) in [5.41, 5.74) is 6.53. The zero-order valence-electron chi connectivity index (χ0n) is 18.1. The Morgan fingerprint density at radius 1 is 1.10 bits per heavy atom. The Hall–Kier alpha value is -3.14. The molecule has 2 aromatic carbocycles. The lowest BCUT2D eigenvalue weighted by Gasteiger charge is -2.20. The molecule has 1 N–H and O–H groups in total. The molecule has 1 saturated carbocycles. The maximum Gasteiger partial charge on any atom is 0.311 e. The number of aromatic nitrogens is 2. The van der Waals surface area contributed by atoms with Gasteiger partial charge >= 0.3 is 5.97 Å². The minimum Gasteiger partial charge on any atom is -0.481 e. The molecular weight excluding hydrogens is 384 g/mol. The van der Waals surface area contributed by atoms with Crippen LogP contribution in [0.4, 0.5) is 0 Å². The first-order valence-electron chi connectivity index (χ1n) is 11.2. The van der Waals surface area contributed by atoms with Crippen LogP contribution in [0.3, 0.4) is 0 Å². The predicted octanol–water partition coefficient (Wildman–Crippen LogP) is 6.21. The van der Waals surface area contributed by atoms with E-state index >= 15 is 0 Å². The lowest BCUT2D eigenvalue weighted by molar-refractivity contribution is -0.140. The molecule has 1 unspecified atom stereocenters. The highest BCUT2D eigenvalue weighted by Crippen LogP contribution is 2.38. The number of benzene rings is 2. The minimum absolute atomic E-state index is 0.260. The van der Waals surface area contributed by atoms with Gasteiger partial charge in [-0.05, 0) is 61.4 Å². The molecular formula is C27H28N2O2. The molecule has 1 aliphatic rings. The summed E-state index contributed by atoms with van der Waals surface area (Å²) >= 11 is 0. The average molecular weight is 413 g/mol. The summed E-state index contributed by atoms with van der Waals surface area (Å²) in [6, 6.07) is 18.8. The number of nitrogens with zero attached hydrogens (tertiary/aromatic N) is 2. The van der Waals surface area contributed by atoms with Crippen LogP contribution in [-0.4, -0.2) is 20.6 Å². The quantitative estimate of drug-likeness (QED) is 0.424. The maximum absolute atomic E-state index is 12.0. The number of hydrogen-bond acceptors (Lipinski definition) is 2. The van der Waals surface area contributed by atoms with Gasteiger partial charge in [-0.1, -0.05) is 55.3 Å². The molecule has 1 fully saturated rings. The van der Waals surface area contributed by atoms with Crippen LogP contribution in [0.5, 0.6) is 0 Å². The van der Waals surface area contributed by atoms with Crippen molar-refractivity contribution in [3.05, 3.63) is 77.0 Å². The molecule has 0 aliphatic heterocycles. The smallest absolute Gasteiger partial charge is 0.311 e. The van der Waals surface area contributed by atoms with E-state index in [-0.39, 0.29) is 5.92 Å². The summed E-state index contributed by atoms with van der Waals surface area (Å²) in [6.45, 7) is 4.90. The second kappa shape index (κ2) is 7.84. The zero-order chi connectivity index (χ0) is 21.5.